The molecular formula is C42H50N4O5. The molecule has 0 unspecified atom stereocenters. The molecule has 0 aromatic heterocycles. The summed E-state index contributed by atoms with van der Waals surface area (Å²) >= 11 is 0. The Hall–Kier alpha value is -4.31. The summed E-state index contributed by atoms with van der Waals surface area (Å²) in [5.41, 5.74) is 2.77. The smallest absolute Gasteiger partial charge is 0.251 e. The topological polar surface area (TPSA) is 82.6 Å². The van der Waals surface area contributed by atoms with E-state index in [0.717, 1.165) is 36.1 Å². The quantitative estimate of drug-likeness (QED) is 0.219. The maximum Gasteiger partial charge on any atom is 0.251 e. The number of ether oxygens (including phenoxy) is 2. The van der Waals surface area contributed by atoms with E-state index in [1.807, 2.05) is 108 Å². The lowest BCUT2D eigenvalue weighted by molar-refractivity contribution is -0.176. The molecule has 0 radical (unpaired) electrons. The first-order valence-electron chi connectivity index (χ1n) is 18.7. The van der Waals surface area contributed by atoms with Gasteiger partial charge in [-0.05, 0) is 68.8 Å². The van der Waals surface area contributed by atoms with Crippen molar-refractivity contribution in [3.05, 3.63) is 114 Å². The van der Waals surface area contributed by atoms with E-state index in [2.05, 4.69) is 4.90 Å². The van der Waals surface area contributed by atoms with Gasteiger partial charge < -0.3 is 24.2 Å². The molecule has 4 atom stereocenters. The summed E-state index contributed by atoms with van der Waals surface area (Å²) in [4.78, 5) is 50.2. The van der Waals surface area contributed by atoms with Gasteiger partial charge in [-0.1, -0.05) is 110 Å². The van der Waals surface area contributed by atoms with Crippen molar-refractivity contribution in [3.63, 3.8) is 0 Å². The molecule has 51 heavy (non-hydrogen) atoms. The van der Waals surface area contributed by atoms with Crippen LogP contribution < -0.4 is 0 Å². The van der Waals surface area contributed by atoms with Crippen LogP contribution in [0, 0.1) is 5.92 Å². The average Bonchev–Trinajstić information content (AvgIpc) is 3.56. The predicted octanol–water partition coefficient (Wildman–Crippen LogP) is 5.54. The molecule has 4 heterocycles. The second kappa shape index (κ2) is 16.8. The van der Waals surface area contributed by atoms with Crippen LogP contribution in [0.3, 0.4) is 0 Å². The van der Waals surface area contributed by atoms with Crippen LogP contribution in [0.1, 0.15) is 61.4 Å². The molecule has 9 heteroatoms. The van der Waals surface area contributed by atoms with Crippen molar-refractivity contribution in [2.24, 2.45) is 5.92 Å². The Morgan fingerprint density at radius 2 is 1.51 bits per heavy atom. The molecule has 9 nitrogen and oxygen atoms in total. The molecule has 0 aliphatic carbocycles. The minimum atomic E-state index is -0.832. The number of nitrogens with zero attached hydrogens (tertiary/aromatic N) is 4. The third-order valence-electron chi connectivity index (χ3n) is 11.0. The van der Waals surface area contributed by atoms with Crippen LogP contribution in [0.4, 0.5) is 0 Å². The molecule has 3 amide bonds. The highest BCUT2D eigenvalue weighted by Gasteiger charge is 2.58. The van der Waals surface area contributed by atoms with Gasteiger partial charge in [-0.25, -0.2) is 0 Å². The molecule has 268 valence electrons. The first kappa shape index (κ1) is 35.1. The highest BCUT2D eigenvalue weighted by atomic mass is 16.5. The minimum Gasteiger partial charge on any atom is -0.374 e. The number of benzene rings is 3. The Morgan fingerprint density at radius 3 is 2.22 bits per heavy atom. The number of carbonyl (C=O) groups excluding carboxylic acids is 3. The number of hydrogen-bond acceptors (Lipinski definition) is 6. The van der Waals surface area contributed by atoms with Gasteiger partial charge in [-0.2, -0.15) is 0 Å². The lowest BCUT2D eigenvalue weighted by atomic mass is 9.88. The zero-order valence-corrected chi connectivity index (χ0v) is 29.4. The second-order valence-corrected chi connectivity index (χ2v) is 14.3. The summed E-state index contributed by atoms with van der Waals surface area (Å²) in [5, 5.41) is 0. The summed E-state index contributed by atoms with van der Waals surface area (Å²) in [6, 6.07) is 27.1. The number of rotatable bonds is 13. The van der Waals surface area contributed by atoms with Crippen LogP contribution in [-0.4, -0.2) is 101 Å². The highest BCUT2D eigenvalue weighted by Crippen LogP contribution is 2.39. The molecule has 3 aromatic rings. The van der Waals surface area contributed by atoms with E-state index in [1.165, 1.54) is 38.8 Å². The molecule has 0 bridgehead atoms. The van der Waals surface area contributed by atoms with Crippen LogP contribution >= 0.6 is 0 Å². The van der Waals surface area contributed by atoms with Crippen molar-refractivity contribution < 1.29 is 23.9 Å². The van der Waals surface area contributed by atoms with E-state index in [4.69, 9.17) is 9.47 Å². The molecule has 4 saturated heterocycles. The lowest BCUT2D eigenvalue weighted by Gasteiger charge is -2.53. The Morgan fingerprint density at radius 1 is 0.843 bits per heavy atom. The Bertz CT molecular complexity index is 1620. The van der Waals surface area contributed by atoms with Crippen molar-refractivity contribution in [1.29, 1.82) is 0 Å². The van der Waals surface area contributed by atoms with Gasteiger partial charge >= 0.3 is 0 Å². The second-order valence-electron chi connectivity index (χ2n) is 14.3. The molecule has 0 spiro atoms. The third-order valence-corrected chi connectivity index (χ3v) is 11.0. The van der Waals surface area contributed by atoms with E-state index in [-0.39, 0.29) is 30.9 Å². The molecule has 3 aromatic carbocycles. The lowest BCUT2D eigenvalue weighted by Crippen LogP contribution is -2.75. The maximum atomic E-state index is 14.5. The van der Waals surface area contributed by atoms with Crippen molar-refractivity contribution in [2.45, 2.75) is 69.5 Å². The first-order chi connectivity index (χ1) is 25.1. The molecule has 0 N–H and O–H groups in total. The van der Waals surface area contributed by atoms with E-state index < -0.39 is 24.4 Å². The van der Waals surface area contributed by atoms with Gasteiger partial charge in [0.15, 0.2) is 6.23 Å². The van der Waals surface area contributed by atoms with Crippen molar-refractivity contribution in [1.82, 2.24) is 19.6 Å². The molecule has 4 aliphatic heterocycles. The number of carbonyl (C=O) groups is 3. The van der Waals surface area contributed by atoms with Crippen molar-refractivity contribution >= 4 is 23.8 Å². The van der Waals surface area contributed by atoms with Crippen LogP contribution in [0.25, 0.3) is 6.08 Å². The Balaban J connectivity index is 1.12. The zero-order valence-electron chi connectivity index (χ0n) is 29.4. The maximum absolute atomic E-state index is 14.5. The summed E-state index contributed by atoms with van der Waals surface area (Å²) in [6.07, 6.45) is 10.3. The standard InChI is InChI=1S/C42H50N4O5/c47-38-31-51-42(35-17-9-3-10-18-35)46(38)39-36(20-19-32-13-5-1-6-14-32)45(41(39)49)37(30-50-29-34-15-7-2-8-16-34)40(48)44-27-22-33(23-28-44)21-26-43-24-11-4-12-25-43/h1-3,5-10,13-20,33,36-37,39,42H,4,11-12,21-31H2/t36-,37-,39+,42-/m1/s1. The van der Waals surface area contributed by atoms with Gasteiger partial charge in [0, 0.05) is 18.7 Å². The van der Waals surface area contributed by atoms with E-state index in [1.54, 1.807) is 9.80 Å². The zero-order chi connectivity index (χ0) is 35.0. The summed E-state index contributed by atoms with van der Waals surface area (Å²) in [5.74, 6) is -0.00661. The largest absolute Gasteiger partial charge is 0.374 e. The van der Waals surface area contributed by atoms with Gasteiger partial charge in [0.2, 0.25) is 11.8 Å². The fourth-order valence-corrected chi connectivity index (χ4v) is 8.08. The first-order valence-corrected chi connectivity index (χ1v) is 18.7. The van der Waals surface area contributed by atoms with E-state index >= 15 is 0 Å². The van der Waals surface area contributed by atoms with Gasteiger partial charge in [-0.15, -0.1) is 0 Å². The third kappa shape index (κ3) is 8.27. The molecule has 7 rings (SSSR count). The van der Waals surface area contributed by atoms with Crippen molar-refractivity contribution in [3.8, 4) is 0 Å². The SMILES string of the molecule is O=C([C@@H](COCc1ccccc1)N1C(=O)[C@@H](N2C(=O)CO[C@@H]2c2ccccc2)[C@H]1C=Cc1ccccc1)N1CCC(CCN2CCCCC2)CC1. The van der Waals surface area contributed by atoms with Crippen LogP contribution in [0.15, 0.2) is 97.1 Å². The van der Waals surface area contributed by atoms with Gasteiger partial charge in [0.05, 0.1) is 19.3 Å². The van der Waals surface area contributed by atoms with Crippen molar-refractivity contribution in [2.75, 3.05) is 45.9 Å². The molecule has 4 fully saturated rings. The number of likely N-dealkylation sites (tertiary alicyclic amines) is 3. The summed E-state index contributed by atoms with van der Waals surface area (Å²) in [6.45, 7) is 5.16. The minimum absolute atomic E-state index is 0.0588. The van der Waals surface area contributed by atoms with Crippen LogP contribution in [0.2, 0.25) is 0 Å². The molecule has 0 saturated carbocycles. The Labute approximate surface area is 301 Å². The average molecular weight is 691 g/mol. The fraction of sp³-hybridized carbons (Fsp3) is 0.452. The fourth-order valence-electron chi connectivity index (χ4n) is 8.08. The summed E-state index contributed by atoms with van der Waals surface area (Å²) < 4.78 is 12.2. The monoisotopic (exact) mass is 690 g/mol. The van der Waals surface area contributed by atoms with Gasteiger partial charge in [0.1, 0.15) is 18.7 Å². The molecule has 4 aliphatic rings. The number of piperidine rings is 2. The van der Waals surface area contributed by atoms with Crippen LogP contribution in [0.5, 0.6) is 0 Å². The van der Waals surface area contributed by atoms with E-state index in [9.17, 15) is 14.4 Å². The van der Waals surface area contributed by atoms with Gasteiger partial charge in [0.25, 0.3) is 5.91 Å². The number of amides is 3. The normalized spacial score (nSPS) is 23.9. The predicted molar refractivity (Wildman–Crippen MR) is 196 cm³/mol. The number of β-lactam (4-membered cyclic amide) rings is 1. The number of hydrogen-bond donors (Lipinski definition) is 0. The summed E-state index contributed by atoms with van der Waals surface area (Å²) in [7, 11) is 0. The van der Waals surface area contributed by atoms with Crippen LogP contribution in [-0.2, 0) is 30.5 Å². The molecular weight excluding hydrogens is 640 g/mol. The Kier molecular flexibility index (Phi) is 11.6. The highest BCUT2D eigenvalue weighted by molar-refractivity contribution is 5.99. The van der Waals surface area contributed by atoms with E-state index in [0.29, 0.717) is 25.6 Å². The van der Waals surface area contributed by atoms with Gasteiger partial charge in [-0.3, -0.25) is 19.3 Å².